The summed E-state index contributed by atoms with van der Waals surface area (Å²) in [6.45, 7) is 2.71. The van der Waals surface area contributed by atoms with Gasteiger partial charge >= 0.3 is 0 Å². The molecule has 1 aromatic heterocycles. The molecule has 0 saturated heterocycles. The maximum Gasteiger partial charge on any atom is 0.266 e. The SMILES string of the molecule is Cc1ccc(-c2ccc(=O)n(CCC(=O)NCc3cccc(Br)c3)n2)cc1. The van der Waals surface area contributed by atoms with Gasteiger partial charge in [0.15, 0.2) is 0 Å². The molecule has 0 unspecified atom stereocenters. The zero-order valence-electron chi connectivity index (χ0n) is 15.0. The van der Waals surface area contributed by atoms with Crippen LogP contribution >= 0.6 is 15.9 Å². The molecule has 1 amide bonds. The second kappa shape index (κ2) is 8.77. The highest BCUT2D eigenvalue weighted by Crippen LogP contribution is 2.16. The van der Waals surface area contributed by atoms with Crippen molar-refractivity contribution in [2.75, 3.05) is 0 Å². The number of carbonyl (C=O) groups is 1. The number of hydrogen-bond acceptors (Lipinski definition) is 3. The van der Waals surface area contributed by atoms with Crippen molar-refractivity contribution in [2.45, 2.75) is 26.4 Å². The molecule has 138 valence electrons. The molecule has 6 heteroatoms. The number of halogens is 1. The van der Waals surface area contributed by atoms with E-state index in [1.54, 1.807) is 6.07 Å². The van der Waals surface area contributed by atoms with Gasteiger partial charge in [-0.15, -0.1) is 0 Å². The van der Waals surface area contributed by atoms with Crippen LogP contribution in [0, 0.1) is 6.92 Å². The molecule has 3 aromatic rings. The summed E-state index contributed by atoms with van der Waals surface area (Å²) in [4.78, 5) is 24.2. The minimum absolute atomic E-state index is 0.121. The first kappa shape index (κ1) is 19.0. The summed E-state index contributed by atoms with van der Waals surface area (Å²) in [5.41, 5.74) is 3.60. The van der Waals surface area contributed by atoms with Gasteiger partial charge in [0.25, 0.3) is 5.56 Å². The number of benzene rings is 2. The van der Waals surface area contributed by atoms with E-state index in [9.17, 15) is 9.59 Å². The van der Waals surface area contributed by atoms with Crippen molar-refractivity contribution in [3.63, 3.8) is 0 Å². The molecule has 0 atom stereocenters. The largest absolute Gasteiger partial charge is 0.352 e. The van der Waals surface area contributed by atoms with Gasteiger partial charge < -0.3 is 5.32 Å². The highest BCUT2D eigenvalue weighted by molar-refractivity contribution is 9.10. The summed E-state index contributed by atoms with van der Waals surface area (Å²) < 4.78 is 2.31. The molecule has 2 aromatic carbocycles. The van der Waals surface area contributed by atoms with E-state index in [2.05, 4.69) is 26.3 Å². The second-order valence-electron chi connectivity index (χ2n) is 6.30. The van der Waals surface area contributed by atoms with Crippen LogP contribution < -0.4 is 10.9 Å². The van der Waals surface area contributed by atoms with E-state index < -0.39 is 0 Å². The van der Waals surface area contributed by atoms with Crippen LogP contribution in [0.2, 0.25) is 0 Å². The predicted octanol–water partition coefficient (Wildman–Crippen LogP) is 3.69. The van der Waals surface area contributed by atoms with Gasteiger partial charge in [-0.25, -0.2) is 4.68 Å². The molecular weight excluding hydrogens is 406 g/mol. The lowest BCUT2D eigenvalue weighted by atomic mass is 10.1. The van der Waals surface area contributed by atoms with Gasteiger partial charge in [0.1, 0.15) is 0 Å². The number of amides is 1. The average Bonchev–Trinajstić information content (AvgIpc) is 2.66. The molecule has 1 heterocycles. The molecular formula is C21H20BrN3O2. The first-order valence-electron chi connectivity index (χ1n) is 8.67. The quantitative estimate of drug-likeness (QED) is 0.654. The fourth-order valence-electron chi connectivity index (χ4n) is 2.63. The number of carbonyl (C=O) groups excluding carboxylic acids is 1. The van der Waals surface area contributed by atoms with E-state index in [0.717, 1.165) is 21.2 Å². The summed E-state index contributed by atoms with van der Waals surface area (Å²) in [6.07, 6.45) is 0.193. The first-order valence-corrected chi connectivity index (χ1v) is 9.47. The Bertz CT molecular complexity index is 997. The van der Waals surface area contributed by atoms with Crippen molar-refractivity contribution in [3.8, 4) is 11.3 Å². The number of nitrogens with zero attached hydrogens (tertiary/aromatic N) is 2. The maximum atomic E-state index is 12.1. The number of aromatic nitrogens is 2. The van der Waals surface area contributed by atoms with Gasteiger partial charge in [-0.3, -0.25) is 9.59 Å². The molecule has 5 nitrogen and oxygen atoms in total. The highest BCUT2D eigenvalue weighted by atomic mass is 79.9. The van der Waals surface area contributed by atoms with E-state index in [1.807, 2.05) is 55.5 Å². The number of rotatable bonds is 6. The molecule has 0 fully saturated rings. The Morgan fingerprint density at radius 3 is 2.63 bits per heavy atom. The zero-order chi connectivity index (χ0) is 19.2. The molecule has 27 heavy (non-hydrogen) atoms. The summed E-state index contributed by atoms with van der Waals surface area (Å²) >= 11 is 3.41. The van der Waals surface area contributed by atoms with Crippen LogP contribution in [-0.4, -0.2) is 15.7 Å². The van der Waals surface area contributed by atoms with Gasteiger partial charge in [0.2, 0.25) is 5.91 Å². The fraction of sp³-hybridized carbons (Fsp3) is 0.190. The smallest absolute Gasteiger partial charge is 0.266 e. The van der Waals surface area contributed by atoms with Crippen LogP contribution in [0.15, 0.2) is 69.9 Å². The molecule has 0 radical (unpaired) electrons. The zero-order valence-corrected chi connectivity index (χ0v) is 16.6. The van der Waals surface area contributed by atoms with Crippen LogP contribution in [-0.2, 0) is 17.9 Å². The lowest BCUT2D eigenvalue weighted by molar-refractivity contribution is -0.121. The minimum atomic E-state index is -0.217. The van der Waals surface area contributed by atoms with Crippen molar-refractivity contribution in [2.24, 2.45) is 0 Å². The Hall–Kier alpha value is -2.73. The topological polar surface area (TPSA) is 64.0 Å². The van der Waals surface area contributed by atoms with Gasteiger partial charge in [-0.2, -0.15) is 5.10 Å². The van der Waals surface area contributed by atoms with E-state index in [1.165, 1.54) is 10.7 Å². The molecule has 0 spiro atoms. The monoisotopic (exact) mass is 425 g/mol. The normalized spacial score (nSPS) is 10.6. The molecule has 3 rings (SSSR count). The van der Waals surface area contributed by atoms with Crippen molar-refractivity contribution in [1.29, 1.82) is 0 Å². The van der Waals surface area contributed by atoms with Gasteiger partial charge in [-0.05, 0) is 30.7 Å². The summed E-state index contributed by atoms with van der Waals surface area (Å²) in [5.74, 6) is -0.121. The summed E-state index contributed by atoms with van der Waals surface area (Å²) in [5, 5.41) is 7.26. The molecule has 0 aliphatic heterocycles. The standard InChI is InChI=1S/C21H20BrN3O2/c1-15-5-7-17(8-6-15)19-9-10-21(27)25(24-19)12-11-20(26)23-14-16-3-2-4-18(22)13-16/h2-10,13H,11-12,14H2,1H3,(H,23,26). The van der Waals surface area contributed by atoms with E-state index in [0.29, 0.717) is 12.2 Å². The van der Waals surface area contributed by atoms with Crippen LogP contribution in [0.1, 0.15) is 17.5 Å². The van der Waals surface area contributed by atoms with Crippen LogP contribution in [0.4, 0.5) is 0 Å². The Balaban J connectivity index is 1.61. The third-order valence-electron chi connectivity index (χ3n) is 4.14. The first-order chi connectivity index (χ1) is 13.0. The molecule has 0 bridgehead atoms. The number of nitrogens with one attached hydrogen (secondary N) is 1. The van der Waals surface area contributed by atoms with Crippen LogP contribution in [0.3, 0.4) is 0 Å². The van der Waals surface area contributed by atoms with Crippen molar-refractivity contribution in [1.82, 2.24) is 15.1 Å². The van der Waals surface area contributed by atoms with Crippen molar-refractivity contribution < 1.29 is 4.79 Å². The van der Waals surface area contributed by atoms with Gasteiger partial charge in [-0.1, -0.05) is 57.9 Å². The Morgan fingerprint density at radius 1 is 1.11 bits per heavy atom. The average molecular weight is 426 g/mol. The van der Waals surface area contributed by atoms with Crippen LogP contribution in [0.25, 0.3) is 11.3 Å². The Morgan fingerprint density at radius 2 is 1.89 bits per heavy atom. The van der Waals surface area contributed by atoms with Gasteiger partial charge in [0, 0.05) is 29.1 Å². The Labute approximate surface area is 166 Å². The van der Waals surface area contributed by atoms with Gasteiger partial charge in [0.05, 0.1) is 12.2 Å². The van der Waals surface area contributed by atoms with E-state index >= 15 is 0 Å². The predicted molar refractivity (Wildman–Crippen MR) is 109 cm³/mol. The van der Waals surface area contributed by atoms with Crippen molar-refractivity contribution in [3.05, 3.63) is 86.6 Å². The highest BCUT2D eigenvalue weighted by Gasteiger charge is 2.07. The molecule has 0 aliphatic rings. The summed E-state index contributed by atoms with van der Waals surface area (Å²) in [7, 11) is 0. The second-order valence-corrected chi connectivity index (χ2v) is 7.22. The lowest BCUT2D eigenvalue weighted by Gasteiger charge is -2.09. The van der Waals surface area contributed by atoms with E-state index in [-0.39, 0.29) is 24.4 Å². The third-order valence-corrected chi connectivity index (χ3v) is 4.64. The molecule has 0 aliphatic carbocycles. The number of aryl methyl sites for hydroxylation is 2. The third kappa shape index (κ3) is 5.37. The maximum absolute atomic E-state index is 12.1. The number of hydrogen-bond donors (Lipinski definition) is 1. The minimum Gasteiger partial charge on any atom is -0.352 e. The van der Waals surface area contributed by atoms with Crippen molar-refractivity contribution >= 4 is 21.8 Å². The molecule has 0 saturated carbocycles. The van der Waals surface area contributed by atoms with Crippen LogP contribution in [0.5, 0.6) is 0 Å². The summed E-state index contributed by atoms with van der Waals surface area (Å²) in [6, 6.07) is 18.9. The Kier molecular flexibility index (Phi) is 6.19. The fourth-order valence-corrected chi connectivity index (χ4v) is 3.08. The van der Waals surface area contributed by atoms with E-state index in [4.69, 9.17) is 0 Å². The molecule has 1 N–H and O–H groups in total. The lowest BCUT2D eigenvalue weighted by Crippen LogP contribution is -2.28.